The summed E-state index contributed by atoms with van der Waals surface area (Å²) in [4.78, 5) is 13.5. The van der Waals surface area contributed by atoms with Gasteiger partial charge in [-0.05, 0) is 18.9 Å². The summed E-state index contributed by atoms with van der Waals surface area (Å²) in [6.07, 6.45) is 1.87. The zero-order valence-corrected chi connectivity index (χ0v) is 11.8. The summed E-state index contributed by atoms with van der Waals surface area (Å²) >= 11 is 0. The molecule has 110 valence electrons. The Balaban J connectivity index is 1.75. The van der Waals surface area contributed by atoms with Gasteiger partial charge in [-0.25, -0.2) is 0 Å². The van der Waals surface area contributed by atoms with Crippen LogP contribution < -0.4 is 5.32 Å². The number of carbonyl (C=O) groups excluding carboxylic acids is 1. The zero-order chi connectivity index (χ0) is 14.4. The van der Waals surface area contributed by atoms with Gasteiger partial charge in [0.2, 0.25) is 5.91 Å². The summed E-state index contributed by atoms with van der Waals surface area (Å²) in [5.74, 6) is 0.388. The molecule has 2 N–H and O–H groups in total. The number of benzene rings is 1. The number of phenols is 1. The van der Waals surface area contributed by atoms with Crippen molar-refractivity contribution in [3.8, 4) is 5.75 Å². The van der Waals surface area contributed by atoms with Gasteiger partial charge >= 0.3 is 0 Å². The Morgan fingerprint density at radius 1 is 1.40 bits per heavy atom. The Labute approximate surface area is 119 Å². The molecule has 1 aromatic carbocycles. The third-order valence-electron chi connectivity index (χ3n) is 3.69. The molecular formula is C15H22N2O3. The van der Waals surface area contributed by atoms with Crippen LogP contribution in [0.15, 0.2) is 24.3 Å². The molecular weight excluding hydrogens is 256 g/mol. The lowest BCUT2D eigenvalue weighted by Gasteiger charge is -2.32. The smallest absolute Gasteiger partial charge is 0.248 e. The van der Waals surface area contributed by atoms with Gasteiger partial charge in [-0.3, -0.25) is 4.79 Å². The molecule has 1 aromatic rings. The minimum atomic E-state index is 0.0617. The second-order valence-electron chi connectivity index (χ2n) is 5.10. The molecule has 0 bridgehead atoms. The van der Waals surface area contributed by atoms with E-state index in [2.05, 4.69) is 5.32 Å². The van der Waals surface area contributed by atoms with Gasteiger partial charge in [0, 0.05) is 38.3 Å². The van der Waals surface area contributed by atoms with Crippen LogP contribution in [-0.4, -0.2) is 48.8 Å². The molecule has 1 aliphatic rings. The van der Waals surface area contributed by atoms with Crippen LogP contribution in [0.5, 0.6) is 5.75 Å². The lowest BCUT2D eigenvalue weighted by atomic mass is 10.0. The highest BCUT2D eigenvalue weighted by molar-refractivity contribution is 5.77. The number of amides is 1. The van der Waals surface area contributed by atoms with E-state index in [0.717, 1.165) is 31.5 Å². The van der Waals surface area contributed by atoms with Crippen molar-refractivity contribution >= 4 is 5.91 Å². The van der Waals surface area contributed by atoms with Gasteiger partial charge in [-0.15, -0.1) is 0 Å². The number of nitrogens with zero attached hydrogens (tertiary/aromatic N) is 1. The maximum Gasteiger partial charge on any atom is 0.248 e. The number of phenolic OH excluding ortho intramolecular Hbond substituents is 1. The number of nitrogens with one attached hydrogen (secondary N) is 1. The lowest BCUT2D eigenvalue weighted by molar-refractivity contribution is -0.136. The molecule has 0 radical (unpaired) electrons. The minimum Gasteiger partial charge on any atom is -0.508 e. The molecule has 0 atom stereocenters. The number of carbonyl (C=O) groups is 1. The number of para-hydroxylation sites is 1. The quantitative estimate of drug-likeness (QED) is 0.847. The average molecular weight is 278 g/mol. The van der Waals surface area contributed by atoms with Gasteiger partial charge in [-0.2, -0.15) is 0 Å². The maximum atomic E-state index is 11.7. The van der Waals surface area contributed by atoms with Crippen LogP contribution in [0.4, 0.5) is 0 Å². The first-order valence-corrected chi connectivity index (χ1v) is 6.97. The summed E-state index contributed by atoms with van der Waals surface area (Å²) in [5.41, 5.74) is 0.908. The molecule has 0 aromatic heterocycles. The molecule has 1 fully saturated rings. The summed E-state index contributed by atoms with van der Waals surface area (Å²) in [5, 5.41) is 13.1. The summed E-state index contributed by atoms with van der Waals surface area (Å²) in [7, 11) is 1.54. The van der Waals surface area contributed by atoms with Crippen molar-refractivity contribution in [2.75, 3.05) is 26.8 Å². The molecule has 1 heterocycles. The molecule has 5 heteroatoms. The van der Waals surface area contributed by atoms with E-state index in [0.29, 0.717) is 18.3 Å². The van der Waals surface area contributed by atoms with Crippen LogP contribution in [0.1, 0.15) is 18.4 Å². The number of hydrogen-bond acceptors (Lipinski definition) is 4. The maximum absolute atomic E-state index is 11.7. The Morgan fingerprint density at radius 3 is 2.75 bits per heavy atom. The SMILES string of the molecule is COCC(=O)N1CCC(NCc2ccccc2O)CC1. The second-order valence-corrected chi connectivity index (χ2v) is 5.10. The molecule has 0 unspecified atom stereocenters. The number of hydrogen-bond donors (Lipinski definition) is 2. The fourth-order valence-electron chi connectivity index (χ4n) is 2.46. The fraction of sp³-hybridized carbons (Fsp3) is 0.533. The monoisotopic (exact) mass is 278 g/mol. The Bertz CT molecular complexity index is 442. The number of likely N-dealkylation sites (tertiary alicyclic amines) is 1. The zero-order valence-electron chi connectivity index (χ0n) is 11.8. The highest BCUT2D eigenvalue weighted by atomic mass is 16.5. The van der Waals surface area contributed by atoms with Gasteiger partial charge in [0.15, 0.2) is 0 Å². The predicted molar refractivity (Wildman–Crippen MR) is 76.4 cm³/mol. The van der Waals surface area contributed by atoms with E-state index in [1.54, 1.807) is 13.2 Å². The van der Waals surface area contributed by atoms with Crippen LogP contribution in [-0.2, 0) is 16.1 Å². The lowest BCUT2D eigenvalue weighted by Crippen LogP contribution is -2.45. The van der Waals surface area contributed by atoms with Crippen molar-refractivity contribution in [2.24, 2.45) is 0 Å². The van der Waals surface area contributed by atoms with E-state index < -0.39 is 0 Å². The first kappa shape index (κ1) is 14.8. The largest absolute Gasteiger partial charge is 0.508 e. The topological polar surface area (TPSA) is 61.8 Å². The molecule has 1 amide bonds. The van der Waals surface area contributed by atoms with Crippen LogP contribution in [0.3, 0.4) is 0 Å². The molecule has 0 aliphatic carbocycles. The molecule has 1 saturated heterocycles. The van der Waals surface area contributed by atoms with E-state index in [9.17, 15) is 9.90 Å². The van der Waals surface area contributed by atoms with Crippen molar-refractivity contribution in [1.82, 2.24) is 10.2 Å². The van der Waals surface area contributed by atoms with Gasteiger partial charge in [0.1, 0.15) is 12.4 Å². The normalized spacial score (nSPS) is 16.4. The van der Waals surface area contributed by atoms with E-state index >= 15 is 0 Å². The Morgan fingerprint density at radius 2 is 2.10 bits per heavy atom. The molecule has 5 nitrogen and oxygen atoms in total. The van der Waals surface area contributed by atoms with Gasteiger partial charge in [0.05, 0.1) is 0 Å². The van der Waals surface area contributed by atoms with Crippen LogP contribution in [0.2, 0.25) is 0 Å². The number of methoxy groups -OCH3 is 1. The highest BCUT2D eigenvalue weighted by Gasteiger charge is 2.22. The van der Waals surface area contributed by atoms with Crippen molar-refractivity contribution in [3.63, 3.8) is 0 Å². The number of rotatable bonds is 5. The predicted octanol–water partition coefficient (Wildman–Crippen LogP) is 1.12. The molecule has 0 spiro atoms. The summed E-state index contributed by atoms with van der Waals surface area (Å²) in [6, 6.07) is 7.74. The van der Waals surface area contributed by atoms with Crippen LogP contribution in [0.25, 0.3) is 0 Å². The Kier molecular flexibility index (Phi) is 5.38. The number of aromatic hydroxyl groups is 1. The van der Waals surface area contributed by atoms with Gasteiger partial charge in [-0.1, -0.05) is 18.2 Å². The van der Waals surface area contributed by atoms with E-state index in [-0.39, 0.29) is 12.5 Å². The first-order chi connectivity index (χ1) is 9.70. The third-order valence-corrected chi connectivity index (χ3v) is 3.69. The van der Waals surface area contributed by atoms with Crippen LogP contribution in [0, 0.1) is 0 Å². The van der Waals surface area contributed by atoms with E-state index in [1.807, 2.05) is 23.1 Å². The van der Waals surface area contributed by atoms with Crippen molar-refractivity contribution in [1.29, 1.82) is 0 Å². The highest BCUT2D eigenvalue weighted by Crippen LogP contribution is 2.17. The molecule has 2 rings (SSSR count). The van der Waals surface area contributed by atoms with Gasteiger partial charge in [0.25, 0.3) is 0 Å². The standard InChI is InChI=1S/C15H22N2O3/c1-20-11-15(19)17-8-6-13(7-9-17)16-10-12-4-2-3-5-14(12)18/h2-5,13,16,18H,6-11H2,1H3. The minimum absolute atomic E-state index is 0.0617. The van der Waals surface area contributed by atoms with Gasteiger partial charge < -0.3 is 20.1 Å². The molecule has 1 aliphatic heterocycles. The van der Waals surface area contributed by atoms with Crippen molar-refractivity contribution in [3.05, 3.63) is 29.8 Å². The number of piperidine rings is 1. The Hall–Kier alpha value is -1.59. The fourth-order valence-corrected chi connectivity index (χ4v) is 2.46. The van der Waals surface area contributed by atoms with E-state index in [4.69, 9.17) is 4.74 Å². The summed E-state index contributed by atoms with van der Waals surface area (Å²) < 4.78 is 4.87. The molecule has 0 saturated carbocycles. The average Bonchev–Trinajstić information content (AvgIpc) is 2.47. The van der Waals surface area contributed by atoms with Crippen molar-refractivity contribution < 1.29 is 14.6 Å². The van der Waals surface area contributed by atoms with Crippen molar-refractivity contribution in [2.45, 2.75) is 25.4 Å². The van der Waals surface area contributed by atoms with E-state index in [1.165, 1.54) is 0 Å². The third kappa shape index (κ3) is 3.95. The second kappa shape index (κ2) is 7.26. The first-order valence-electron chi connectivity index (χ1n) is 6.97. The summed E-state index contributed by atoms with van der Waals surface area (Å²) in [6.45, 7) is 2.35. The van der Waals surface area contributed by atoms with Crippen LogP contribution >= 0.6 is 0 Å². The number of ether oxygens (including phenoxy) is 1. The molecule has 20 heavy (non-hydrogen) atoms.